The van der Waals surface area contributed by atoms with Crippen LogP contribution in [0.3, 0.4) is 0 Å². The van der Waals surface area contributed by atoms with Crippen LogP contribution >= 0.6 is 0 Å². The monoisotopic (exact) mass is 232 g/mol. The smallest absolute Gasteiger partial charge is 0.223 e. The fourth-order valence-corrected chi connectivity index (χ4v) is 1.64. The van der Waals surface area contributed by atoms with Crippen LogP contribution in [0.15, 0.2) is 12.4 Å². The summed E-state index contributed by atoms with van der Waals surface area (Å²) in [6.07, 6.45) is 4.56. The summed E-state index contributed by atoms with van der Waals surface area (Å²) < 4.78 is 1.87. The minimum atomic E-state index is 0.606. The molecule has 2 aromatic heterocycles. The summed E-state index contributed by atoms with van der Waals surface area (Å²) in [4.78, 5) is 8.62. The highest BCUT2D eigenvalue weighted by Crippen LogP contribution is 2.20. The molecule has 0 fully saturated rings. The van der Waals surface area contributed by atoms with E-state index in [4.69, 9.17) is 0 Å². The number of aryl methyl sites for hydroxylation is 2. The first kappa shape index (κ1) is 11.5. The van der Waals surface area contributed by atoms with Crippen molar-refractivity contribution in [3.05, 3.63) is 18.0 Å². The van der Waals surface area contributed by atoms with Crippen molar-refractivity contribution in [2.24, 2.45) is 0 Å². The molecule has 0 aliphatic heterocycles. The van der Waals surface area contributed by atoms with Gasteiger partial charge in [0.2, 0.25) is 5.95 Å². The van der Waals surface area contributed by atoms with Crippen molar-refractivity contribution in [2.45, 2.75) is 26.8 Å². The summed E-state index contributed by atoms with van der Waals surface area (Å²) in [5, 5.41) is 10.9. The molecule has 90 valence electrons. The molecule has 0 saturated heterocycles. The van der Waals surface area contributed by atoms with Gasteiger partial charge in [0, 0.05) is 19.8 Å². The lowest BCUT2D eigenvalue weighted by molar-refractivity contribution is 0.583. The third-order valence-corrected chi connectivity index (χ3v) is 2.49. The van der Waals surface area contributed by atoms with Crippen LogP contribution in [0.1, 0.15) is 18.9 Å². The zero-order valence-electron chi connectivity index (χ0n) is 10.3. The van der Waals surface area contributed by atoms with Gasteiger partial charge in [-0.15, -0.1) is 5.10 Å². The number of anilines is 1. The first-order valence-corrected chi connectivity index (χ1v) is 5.66. The highest BCUT2D eigenvalue weighted by molar-refractivity contribution is 5.58. The van der Waals surface area contributed by atoms with Gasteiger partial charge in [0.1, 0.15) is 5.69 Å². The van der Waals surface area contributed by atoms with Crippen molar-refractivity contribution >= 4 is 5.95 Å². The maximum absolute atomic E-state index is 4.45. The molecule has 0 radical (unpaired) electrons. The van der Waals surface area contributed by atoms with Crippen molar-refractivity contribution in [3.8, 4) is 11.4 Å². The molecule has 2 heterocycles. The summed E-state index contributed by atoms with van der Waals surface area (Å²) in [6.45, 7) is 4.93. The van der Waals surface area contributed by atoms with E-state index in [-0.39, 0.29) is 0 Å². The standard InChI is InChI=1S/C11H16N6/c1-4-5-17-9(7-14-16-17)10-8(2)6-13-11(12-3)15-10/h6-7H,4-5H2,1-3H3,(H,12,13,15). The first-order valence-electron chi connectivity index (χ1n) is 5.66. The van der Waals surface area contributed by atoms with Gasteiger partial charge in [0.25, 0.3) is 0 Å². The minimum Gasteiger partial charge on any atom is -0.357 e. The summed E-state index contributed by atoms with van der Waals surface area (Å²) in [6, 6.07) is 0. The molecule has 0 aromatic carbocycles. The molecule has 0 saturated carbocycles. The van der Waals surface area contributed by atoms with Crippen molar-refractivity contribution in [2.75, 3.05) is 12.4 Å². The van der Waals surface area contributed by atoms with Gasteiger partial charge in [-0.25, -0.2) is 14.6 Å². The lowest BCUT2D eigenvalue weighted by atomic mass is 10.2. The van der Waals surface area contributed by atoms with Gasteiger partial charge in [-0.2, -0.15) is 0 Å². The van der Waals surface area contributed by atoms with E-state index in [0.29, 0.717) is 5.95 Å². The summed E-state index contributed by atoms with van der Waals surface area (Å²) >= 11 is 0. The Hall–Kier alpha value is -1.98. The molecule has 2 rings (SSSR count). The van der Waals surface area contributed by atoms with Crippen molar-refractivity contribution < 1.29 is 0 Å². The third kappa shape index (κ3) is 2.25. The van der Waals surface area contributed by atoms with E-state index in [2.05, 4.69) is 32.5 Å². The van der Waals surface area contributed by atoms with Gasteiger partial charge in [0.05, 0.1) is 11.9 Å². The third-order valence-electron chi connectivity index (χ3n) is 2.49. The second-order valence-electron chi connectivity index (χ2n) is 3.82. The van der Waals surface area contributed by atoms with E-state index in [1.807, 2.05) is 11.6 Å². The molecule has 0 aliphatic carbocycles. The molecule has 6 nitrogen and oxygen atoms in total. The van der Waals surface area contributed by atoms with E-state index in [1.54, 1.807) is 19.4 Å². The Balaban J connectivity index is 2.47. The number of nitrogens with zero attached hydrogens (tertiary/aromatic N) is 5. The largest absolute Gasteiger partial charge is 0.357 e. The average molecular weight is 232 g/mol. The highest BCUT2D eigenvalue weighted by Gasteiger charge is 2.11. The molecule has 0 amide bonds. The second-order valence-corrected chi connectivity index (χ2v) is 3.82. The van der Waals surface area contributed by atoms with Crippen molar-refractivity contribution in [1.82, 2.24) is 25.0 Å². The van der Waals surface area contributed by atoms with Gasteiger partial charge < -0.3 is 5.32 Å². The molecule has 0 aliphatic rings. The van der Waals surface area contributed by atoms with Crippen molar-refractivity contribution in [1.29, 1.82) is 0 Å². The summed E-state index contributed by atoms with van der Waals surface area (Å²) in [7, 11) is 1.80. The van der Waals surface area contributed by atoms with Crippen molar-refractivity contribution in [3.63, 3.8) is 0 Å². The van der Waals surface area contributed by atoms with Gasteiger partial charge in [-0.1, -0.05) is 12.1 Å². The van der Waals surface area contributed by atoms with E-state index >= 15 is 0 Å². The zero-order valence-corrected chi connectivity index (χ0v) is 10.3. The Bertz CT molecular complexity index is 504. The summed E-state index contributed by atoms with van der Waals surface area (Å²) in [5.41, 5.74) is 2.83. The van der Waals surface area contributed by atoms with Crippen LogP contribution in [0.2, 0.25) is 0 Å². The van der Waals surface area contributed by atoms with Crippen LogP contribution < -0.4 is 5.32 Å². The fraction of sp³-hybridized carbons (Fsp3) is 0.455. The zero-order chi connectivity index (χ0) is 12.3. The van der Waals surface area contributed by atoms with Gasteiger partial charge in [0.15, 0.2) is 0 Å². The molecule has 17 heavy (non-hydrogen) atoms. The predicted octanol–water partition coefficient (Wildman–Crippen LogP) is 1.50. The predicted molar refractivity (Wildman–Crippen MR) is 65.6 cm³/mol. The van der Waals surface area contributed by atoms with Gasteiger partial charge in [-0.05, 0) is 18.9 Å². The number of hydrogen-bond donors (Lipinski definition) is 1. The van der Waals surface area contributed by atoms with Crippen LogP contribution in [0.5, 0.6) is 0 Å². The maximum Gasteiger partial charge on any atom is 0.223 e. The Morgan fingerprint density at radius 3 is 2.88 bits per heavy atom. The molecular formula is C11H16N6. The molecule has 1 N–H and O–H groups in total. The Morgan fingerprint density at radius 1 is 1.35 bits per heavy atom. The van der Waals surface area contributed by atoms with Gasteiger partial charge >= 0.3 is 0 Å². The lowest BCUT2D eigenvalue weighted by Gasteiger charge is -2.08. The number of hydrogen-bond acceptors (Lipinski definition) is 5. The number of rotatable bonds is 4. The van der Waals surface area contributed by atoms with Crippen LogP contribution in [0.25, 0.3) is 11.4 Å². The quantitative estimate of drug-likeness (QED) is 0.865. The topological polar surface area (TPSA) is 68.5 Å². The molecule has 0 spiro atoms. The molecule has 0 unspecified atom stereocenters. The summed E-state index contributed by atoms with van der Waals surface area (Å²) in [5.74, 6) is 0.606. The van der Waals surface area contributed by atoms with Gasteiger partial charge in [-0.3, -0.25) is 0 Å². The Labute approximate surface area is 100 Å². The van der Waals surface area contributed by atoms with Crippen LogP contribution in [-0.2, 0) is 6.54 Å². The number of nitrogens with one attached hydrogen (secondary N) is 1. The minimum absolute atomic E-state index is 0.606. The highest BCUT2D eigenvalue weighted by atomic mass is 15.4. The molecular weight excluding hydrogens is 216 g/mol. The van der Waals surface area contributed by atoms with E-state index in [9.17, 15) is 0 Å². The van der Waals surface area contributed by atoms with E-state index < -0.39 is 0 Å². The van der Waals surface area contributed by atoms with Crippen LogP contribution in [-0.4, -0.2) is 32.0 Å². The normalized spacial score (nSPS) is 10.5. The van der Waals surface area contributed by atoms with Crippen LogP contribution in [0.4, 0.5) is 5.95 Å². The molecule has 0 atom stereocenters. The molecule has 6 heteroatoms. The molecule has 2 aromatic rings. The first-order chi connectivity index (χ1) is 8.26. The fourth-order valence-electron chi connectivity index (χ4n) is 1.64. The van der Waals surface area contributed by atoms with E-state index in [1.165, 1.54) is 0 Å². The maximum atomic E-state index is 4.45. The average Bonchev–Trinajstić information content (AvgIpc) is 2.78. The number of aromatic nitrogens is 5. The van der Waals surface area contributed by atoms with E-state index in [0.717, 1.165) is 29.9 Å². The Kier molecular flexibility index (Phi) is 3.32. The Morgan fingerprint density at radius 2 is 2.18 bits per heavy atom. The lowest BCUT2D eigenvalue weighted by Crippen LogP contribution is -2.05. The van der Waals surface area contributed by atoms with Crippen LogP contribution in [0, 0.1) is 6.92 Å². The molecule has 0 bridgehead atoms. The SMILES string of the molecule is CCCn1nncc1-c1nc(NC)ncc1C. The second kappa shape index (κ2) is 4.90.